The van der Waals surface area contributed by atoms with Crippen molar-refractivity contribution < 1.29 is 14.7 Å². The van der Waals surface area contributed by atoms with Crippen molar-refractivity contribution in [1.82, 2.24) is 0 Å². The van der Waals surface area contributed by atoms with Gasteiger partial charge in [-0.15, -0.1) is 0 Å². The van der Waals surface area contributed by atoms with Gasteiger partial charge in [0.05, 0.1) is 0 Å². The molecule has 2 aliphatic heterocycles. The number of hydrogen-bond donors (Lipinski definition) is 1. The molecule has 0 radical (unpaired) electrons. The van der Waals surface area contributed by atoms with Crippen LogP contribution in [0.1, 0.15) is 12.8 Å². The van der Waals surface area contributed by atoms with Crippen LogP contribution in [0.15, 0.2) is 24.3 Å². The molecule has 3 rings (SSSR count). The van der Waals surface area contributed by atoms with Gasteiger partial charge in [0.2, 0.25) is 5.91 Å². The summed E-state index contributed by atoms with van der Waals surface area (Å²) in [6.07, 6.45) is 2.46. The van der Waals surface area contributed by atoms with E-state index in [0.717, 1.165) is 18.8 Å². The number of anilines is 2. The predicted octanol–water partition coefficient (Wildman–Crippen LogP) is 1.33. The highest BCUT2D eigenvalue weighted by atomic mass is 16.4. The molecule has 2 aliphatic rings. The van der Waals surface area contributed by atoms with Crippen LogP contribution in [0.2, 0.25) is 0 Å². The van der Waals surface area contributed by atoms with Crippen LogP contribution in [0.3, 0.4) is 0 Å². The lowest BCUT2D eigenvalue weighted by molar-refractivity contribution is -0.149. The fourth-order valence-electron chi connectivity index (χ4n) is 2.66. The van der Waals surface area contributed by atoms with Crippen LogP contribution >= 0.6 is 0 Å². The quantitative estimate of drug-likeness (QED) is 0.658. The van der Waals surface area contributed by atoms with Gasteiger partial charge in [0.15, 0.2) is 5.92 Å². The molecule has 0 saturated carbocycles. The van der Waals surface area contributed by atoms with E-state index in [2.05, 4.69) is 4.90 Å². The van der Waals surface area contributed by atoms with Crippen LogP contribution < -0.4 is 9.80 Å². The topological polar surface area (TPSA) is 60.9 Å². The third-order valence-corrected chi connectivity index (χ3v) is 3.86. The van der Waals surface area contributed by atoms with Crippen molar-refractivity contribution in [3.8, 4) is 0 Å². The van der Waals surface area contributed by atoms with E-state index in [1.807, 2.05) is 24.3 Å². The molecule has 1 amide bonds. The number of benzene rings is 1. The molecule has 19 heavy (non-hydrogen) atoms. The molecule has 1 aromatic rings. The number of amides is 1. The monoisotopic (exact) mass is 260 g/mol. The zero-order chi connectivity index (χ0) is 13.4. The third kappa shape index (κ3) is 2.05. The van der Waals surface area contributed by atoms with E-state index in [1.165, 1.54) is 23.4 Å². The van der Waals surface area contributed by atoms with Crippen molar-refractivity contribution in [2.24, 2.45) is 5.92 Å². The van der Waals surface area contributed by atoms with Crippen LogP contribution in [0.25, 0.3) is 0 Å². The van der Waals surface area contributed by atoms with Crippen molar-refractivity contribution in [3.63, 3.8) is 0 Å². The number of carboxylic acid groups (broad SMARTS) is 1. The normalized spacial score (nSPS) is 22.5. The van der Waals surface area contributed by atoms with Crippen molar-refractivity contribution in [2.75, 3.05) is 29.4 Å². The van der Waals surface area contributed by atoms with E-state index < -0.39 is 11.9 Å². The van der Waals surface area contributed by atoms with E-state index in [0.29, 0.717) is 0 Å². The van der Waals surface area contributed by atoms with Gasteiger partial charge in [-0.1, -0.05) is 0 Å². The standard InChI is InChI=1S/C14H16N2O3/c17-13-12(14(18)19)9-16(13)11-5-3-10(4-6-11)15-7-1-2-8-15/h3-6,12H,1-2,7-9H2,(H,18,19). The molecule has 0 bridgehead atoms. The number of nitrogens with zero attached hydrogens (tertiary/aromatic N) is 2. The maximum atomic E-state index is 11.7. The minimum Gasteiger partial charge on any atom is -0.481 e. The Labute approximate surface area is 111 Å². The first-order valence-electron chi connectivity index (χ1n) is 6.56. The Bertz CT molecular complexity index is 506. The summed E-state index contributed by atoms with van der Waals surface area (Å²) in [6, 6.07) is 7.79. The van der Waals surface area contributed by atoms with Crippen LogP contribution in [0, 0.1) is 5.92 Å². The van der Waals surface area contributed by atoms with E-state index in [-0.39, 0.29) is 12.5 Å². The number of rotatable bonds is 3. The molecule has 0 spiro atoms. The van der Waals surface area contributed by atoms with Gasteiger partial charge in [-0.3, -0.25) is 9.59 Å². The molecule has 0 aromatic heterocycles. The minimum atomic E-state index is -1.03. The van der Waals surface area contributed by atoms with E-state index in [4.69, 9.17) is 5.11 Å². The molecule has 2 saturated heterocycles. The molecule has 2 heterocycles. The smallest absolute Gasteiger partial charge is 0.317 e. The summed E-state index contributed by atoms with van der Waals surface area (Å²) in [6.45, 7) is 2.45. The maximum absolute atomic E-state index is 11.7. The Morgan fingerprint density at radius 2 is 1.68 bits per heavy atom. The summed E-state index contributed by atoms with van der Waals surface area (Å²) in [7, 11) is 0. The second-order valence-electron chi connectivity index (χ2n) is 5.05. The summed E-state index contributed by atoms with van der Waals surface area (Å²) in [5, 5.41) is 8.80. The molecule has 5 nitrogen and oxygen atoms in total. The van der Waals surface area contributed by atoms with Crippen molar-refractivity contribution in [2.45, 2.75) is 12.8 Å². The van der Waals surface area contributed by atoms with Gasteiger partial charge in [0, 0.05) is 31.0 Å². The highest BCUT2D eigenvalue weighted by Gasteiger charge is 2.42. The van der Waals surface area contributed by atoms with Crippen LogP contribution in [-0.4, -0.2) is 36.6 Å². The van der Waals surface area contributed by atoms with Crippen molar-refractivity contribution in [3.05, 3.63) is 24.3 Å². The lowest BCUT2D eigenvalue weighted by atomic mass is 9.98. The fourth-order valence-corrected chi connectivity index (χ4v) is 2.66. The lowest BCUT2D eigenvalue weighted by Gasteiger charge is -2.36. The molecule has 1 N–H and O–H groups in total. The Balaban J connectivity index is 1.70. The van der Waals surface area contributed by atoms with Crippen molar-refractivity contribution in [1.29, 1.82) is 0 Å². The Kier molecular flexibility index (Phi) is 2.89. The molecule has 100 valence electrons. The van der Waals surface area contributed by atoms with Crippen LogP contribution in [0.4, 0.5) is 11.4 Å². The van der Waals surface area contributed by atoms with E-state index in [9.17, 15) is 9.59 Å². The van der Waals surface area contributed by atoms with Gasteiger partial charge in [-0.25, -0.2) is 0 Å². The number of carbonyl (C=O) groups excluding carboxylic acids is 1. The molecular formula is C14H16N2O3. The fraction of sp³-hybridized carbons (Fsp3) is 0.429. The van der Waals surface area contributed by atoms with Crippen molar-refractivity contribution >= 4 is 23.3 Å². The summed E-state index contributed by atoms with van der Waals surface area (Å²) in [5.41, 5.74) is 1.95. The number of carboxylic acids is 1. The third-order valence-electron chi connectivity index (χ3n) is 3.86. The molecule has 1 atom stereocenters. The molecule has 0 aliphatic carbocycles. The zero-order valence-corrected chi connectivity index (χ0v) is 10.6. The summed E-state index contributed by atoms with van der Waals surface area (Å²) >= 11 is 0. The zero-order valence-electron chi connectivity index (χ0n) is 10.6. The first-order valence-corrected chi connectivity index (χ1v) is 6.56. The maximum Gasteiger partial charge on any atom is 0.317 e. The second kappa shape index (κ2) is 4.57. The molecule has 2 fully saturated rings. The Morgan fingerprint density at radius 1 is 1.11 bits per heavy atom. The second-order valence-corrected chi connectivity index (χ2v) is 5.05. The van der Waals surface area contributed by atoms with E-state index >= 15 is 0 Å². The number of β-lactam (4-membered cyclic amide) rings is 1. The van der Waals surface area contributed by atoms with Crippen LogP contribution in [-0.2, 0) is 9.59 Å². The van der Waals surface area contributed by atoms with Gasteiger partial charge in [0.25, 0.3) is 0 Å². The molecule has 1 unspecified atom stereocenters. The lowest BCUT2D eigenvalue weighted by Crippen LogP contribution is -2.56. The van der Waals surface area contributed by atoms with Gasteiger partial charge < -0.3 is 14.9 Å². The SMILES string of the molecule is O=C(O)C1CN(c2ccc(N3CCCC3)cc2)C1=O. The van der Waals surface area contributed by atoms with Crippen LogP contribution in [0.5, 0.6) is 0 Å². The first-order chi connectivity index (χ1) is 9.16. The van der Waals surface area contributed by atoms with Gasteiger partial charge >= 0.3 is 5.97 Å². The van der Waals surface area contributed by atoms with E-state index in [1.54, 1.807) is 0 Å². The molecule has 5 heteroatoms. The Hall–Kier alpha value is -2.04. The summed E-state index contributed by atoms with van der Waals surface area (Å²) < 4.78 is 0. The van der Waals surface area contributed by atoms with Gasteiger partial charge in [-0.2, -0.15) is 0 Å². The largest absolute Gasteiger partial charge is 0.481 e. The highest BCUT2D eigenvalue weighted by Crippen LogP contribution is 2.29. The highest BCUT2D eigenvalue weighted by molar-refractivity contribution is 6.12. The Morgan fingerprint density at radius 3 is 2.21 bits per heavy atom. The molecular weight excluding hydrogens is 244 g/mol. The average molecular weight is 260 g/mol. The van der Waals surface area contributed by atoms with Gasteiger partial charge in [0.1, 0.15) is 0 Å². The predicted molar refractivity (Wildman–Crippen MR) is 71.4 cm³/mol. The number of aliphatic carboxylic acids is 1. The van der Waals surface area contributed by atoms with Gasteiger partial charge in [-0.05, 0) is 37.1 Å². The summed E-state index contributed by atoms with van der Waals surface area (Å²) in [5.74, 6) is -2.21. The average Bonchev–Trinajstić information content (AvgIpc) is 2.91. The summed E-state index contributed by atoms with van der Waals surface area (Å²) in [4.78, 5) is 26.3. The molecule has 1 aromatic carbocycles. The number of carbonyl (C=O) groups is 2. The minimum absolute atomic E-state index is 0.275. The first kappa shape index (κ1) is 12.0. The number of hydrogen-bond acceptors (Lipinski definition) is 3.